The van der Waals surface area contributed by atoms with Gasteiger partial charge in [-0.15, -0.1) is 0 Å². The molecule has 0 unspecified atom stereocenters. The Balaban J connectivity index is 1.51. The van der Waals surface area contributed by atoms with Crippen LogP contribution in [0.5, 0.6) is 0 Å². The van der Waals surface area contributed by atoms with Crippen LogP contribution >= 0.6 is 23.7 Å². The predicted octanol–water partition coefficient (Wildman–Crippen LogP) is 7.95. The van der Waals surface area contributed by atoms with Gasteiger partial charge in [-0.3, -0.25) is 4.31 Å². The minimum atomic E-state index is 0.689. The quantitative estimate of drug-likeness (QED) is 0.287. The Labute approximate surface area is 185 Å². The van der Waals surface area contributed by atoms with Gasteiger partial charge in [0.25, 0.3) is 0 Å². The van der Waals surface area contributed by atoms with Crippen molar-refractivity contribution in [3.05, 3.63) is 102 Å². The fraction of sp³-hybridized carbons (Fsp3) is 0. The van der Waals surface area contributed by atoms with E-state index in [9.17, 15) is 0 Å². The number of hydrogen-bond donors (Lipinski definition) is 3. The Bertz CT molecular complexity index is 1180. The highest BCUT2D eigenvalue weighted by atomic mass is 35.5. The van der Waals surface area contributed by atoms with Crippen molar-refractivity contribution in [1.82, 2.24) is 0 Å². The maximum atomic E-state index is 6.31. The largest absolute Gasteiger partial charge is 0.354 e. The summed E-state index contributed by atoms with van der Waals surface area (Å²) in [7, 11) is 0. The van der Waals surface area contributed by atoms with Gasteiger partial charge in [-0.25, -0.2) is 0 Å². The molecule has 4 nitrogen and oxygen atoms in total. The Hall–Kier alpha value is -3.28. The van der Waals surface area contributed by atoms with E-state index in [1.807, 2.05) is 54.6 Å². The van der Waals surface area contributed by atoms with Crippen molar-refractivity contribution in [2.45, 2.75) is 0 Å². The van der Waals surface area contributed by atoms with Crippen molar-refractivity contribution in [3.8, 4) is 0 Å². The standard InChI is InChI=1S/C24H19ClN4S/c25-19-10-4-5-11-20(19)26-17-14-15-21-23(16-17)28-30-29(18-8-2-1-3-9-18)24-13-7-6-12-22(24)27-21/h1-16,26-28H. The van der Waals surface area contributed by atoms with Gasteiger partial charge in [-0.1, -0.05) is 54.1 Å². The zero-order chi connectivity index (χ0) is 20.3. The van der Waals surface area contributed by atoms with Crippen molar-refractivity contribution in [2.24, 2.45) is 0 Å². The van der Waals surface area contributed by atoms with Crippen LogP contribution in [0.25, 0.3) is 0 Å². The summed E-state index contributed by atoms with van der Waals surface area (Å²) >= 11 is 7.85. The fourth-order valence-corrected chi connectivity index (χ4v) is 4.36. The van der Waals surface area contributed by atoms with Crippen LogP contribution in [-0.2, 0) is 0 Å². The first-order valence-electron chi connectivity index (χ1n) is 9.58. The van der Waals surface area contributed by atoms with Crippen LogP contribution in [0.15, 0.2) is 97.1 Å². The summed E-state index contributed by atoms with van der Waals surface area (Å²) in [5.41, 5.74) is 7.05. The highest BCUT2D eigenvalue weighted by molar-refractivity contribution is 8.02. The van der Waals surface area contributed by atoms with Gasteiger partial charge in [-0.05, 0) is 54.6 Å². The number of para-hydroxylation sites is 4. The normalized spacial score (nSPS) is 12.5. The number of rotatable bonds is 3. The lowest BCUT2D eigenvalue weighted by Gasteiger charge is -2.29. The molecule has 1 aliphatic rings. The summed E-state index contributed by atoms with van der Waals surface area (Å²) in [5, 5.41) is 7.66. The topological polar surface area (TPSA) is 39.3 Å². The lowest BCUT2D eigenvalue weighted by atomic mass is 10.2. The molecule has 148 valence electrons. The minimum absolute atomic E-state index is 0.689. The molecule has 0 amide bonds. The van der Waals surface area contributed by atoms with E-state index in [0.717, 1.165) is 39.8 Å². The van der Waals surface area contributed by atoms with Crippen LogP contribution in [0.1, 0.15) is 0 Å². The molecule has 30 heavy (non-hydrogen) atoms. The molecule has 5 rings (SSSR count). The van der Waals surface area contributed by atoms with E-state index in [4.69, 9.17) is 11.6 Å². The first kappa shape index (κ1) is 18.7. The zero-order valence-electron chi connectivity index (χ0n) is 16.0. The molecule has 0 saturated carbocycles. The second-order valence-electron chi connectivity index (χ2n) is 6.83. The van der Waals surface area contributed by atoms with Crippen LogP contribution in [0.4, 0.5) is 39.8 Å². The van der Waals surface area contributed by atoms with E-state index in [1.165, 1.54) is 0 Å². The second-order valence-corrected chi connectivity index (χ2v) is 7.99. The Kier molecular flexibility index (Phi) is 5.13. The molecule has 0 aliphatic carbocycles. The zero-order valence-corrected chi connectivity index (χ0v) is 17.5. The van der Waals surface area contributed by atoms with E-state index in [1.54, 1.807) is 12.1 Å². The number of hydrogen-bond acceptors (Lipinski definition) is 5. The van der Waals surface area contributed by atoms with E-state index in [-0.39, 0.29) is 0 Å². The molecule has 0 atom stereocenters. The number of anilines is 7. The molecule has 4 aromatic rings. The highest BCUT2D eigenvalue weighted by Crippen LogP contribution is 2.43. The molecule has 0 saturated heterocycles. The molecular weight excluding hydrogens is 412 g/mol. The number of halogens is 1. The van der Waals surface area contributed by atoms with Crippen molar-refractivity contribution in [3.63, 3.8) is 0 Å². The van der Waals surface area contributed by atoms with Gasteiger partial charge in [0.2, 0.25) is 0 Å². The summed E-state index contributed by atoms with van der Waals surface area (Å²) < 4.78 is 5.68. The molecule has 0 aromatic heterocycles. The summed E-state index contributed by atoms with van der Waals surface area (Å²) in [6.07, 6.45) is 0. The maximum Gasteiger partial charge on any atom is 0.0776 e. The lowest BCUT2D eigenvalue weighted by Crippen LogP contribution is -2.15. The Morgan fingerprint density at radius 3 is 2.37 bits per heavy atom. The molecule has 1 aliphatic heterocycles. The number of nitrogens with one attached hydrogen (secondary N) is 3. The summed E-state index contributed by atoms with van der Waals surface area (Å²) in [5.74, 6) is 0. The molecule has 0 bridgehead atoms. The van der Waals surface area contributed by atoms with Crippen LogP contribution in [-0.4, -0.2) is 0 Å². The van der Waals surface area contributed by atoms with Crippen molar-refractivity contribution < 1.29 is 0 Å². The average molecular weight is 431 g/mol. The number of benzene rings is 4. The fourth-order valence-electron chi connectivity index (χ4n) is 3.33. The summed E-state index contributed by atoms with van der Waals surface area (Å²) in [6, 6.07) is 32.5. The van der Waals surface area contributed by atoms with Gasteiger partial charge in [-0.2, -0.15) is 0 Å². The van der Waals surface area contributed by atoms with Gasteiger partial charge in [0, 0.05) is 5.69 Å². The third-order valence-electron chi connectivity index (χ3n) is 4.80. The maximum absolute atomic E-state index is 6.31. The molecule has 0 radical (unpaired) electrons. The Morgan fingerprint density at radius 1 is 0.733 bits per heavy atom. The van der Waals surface area contributed by atoms with E-state index in [0.29, 0.717) is 5.02 Å². The van der Waals surface area contributed by atoms with Gasteiger partial charge in [0.05, 0.1) is 51.3 Å². The second kappa shape index (κ2) is 8.22. The molecule has 3 N–H and O–H groups in total. The van der Waals surface area contributed by atoms with Crippen molar-refractivity contribution in [1.29, 1.82) is 0 Å². The third-order valence-corrected chi connectivity index (χ3v) is 6.03. The van der Waals surface area contributed by atoms with Crippen LogP contribution in [0.2, 0.25) is 5.02 Å². The summed E-state index contributed by atoms with van der Waals surface area (Å²) in [6.45, 7) is 0. The molecule has 1 heterocycles. The third kappa shape index (κ3) is 3.77. The molecule has 4 aromatic carbocycles. The molecule has 6 heteroatoms. The lowest BCUT2D eigenvalue weighted by molar-refractivity contribution is 1.40. The van der Waals surface area contributed by atoms with Gasteiger partial charge in [0.1, 0.15) is 0 Å². The van der Waals surface area contributed by atoms with Gasteiger partial charge in [0.15, 0.2) is 0 Å². The van der Waals surface area contributed by atoms with E-state index < -0.39 is 0 Å². The van der Waals surface area contributed by atoms with Crippen LogP contribution in [0, 0.1) is 0 Å². The molecule has 0 fully saturated rings. The predicted molar refractivity (Wildman–Crippen MR) is 131 cm³/mol. The first-order chi connectivity index (χ1) is 14.8. The SMILES string of the molecule is Clc1ccccc1Nc1ccc2c(c1)NSN(c1ccccc1)c1ccccc1N2. The van der Waals surface area contributed by atoms with Gasteiger partial charge >= 0.3 is 0 Å². The highest BCUT2D eigenvalue weighted by Gasteiger charge is 2.19. The van der Waals surface area contributed by atoms with Crippen molar-refractivity contribution in [2.75, 3.05) is 19.7 Å². The smallest absolute Gasteiger partial charge is 0.0776 e. The van der Waals surface area contributed by atoms with E-state index in [2.05, 4.69) is 62.1 Å². The minimum Gasteiger partial charge on any atom is -0.354 e. The molecule has 0 spiro atoms. The number of nitrogens with zero attached hydrogens (tertiary/aromatic N) is 1. The summed E-state index contributed by atoms with van der Waals surface area (Å²) in [4.78, 5) is 0. The van der Waals surface area contributed by atoms with E-state index >= 15 is 0 Å². The average Bonchev–Trinajstić information content (AvgIpc) is 2.77. The van der Waals surface area contributed by atoms with Crippen LogP contribution in [0.3, 0.4) is 0 Å². The van der Waals surface area contributed by atoms with Crippen LogP contribution < -0.4 is 19.7 Å². The molecular formula is C24H19ClN4S. The monoisotopic (exact) mass is 430 g/mol. The Morgan fingerprint density at radius 2 is 1.50 bits per heavy atom. The number of fused-ring (bicyclic) bond motifs is 2. The van der Waals surface area contributed by atoms with Gasteiger partial charge < -0.3 is 15.4 Å². The first-order valence-corrected chi connectivity index (χ1v) is 10.7. The van der Waals surface area contributed by atoms with Crippen molar-refractivity contribution >= 4 is 63.5 Å².